The summed E-state index contributed by atoms with van der Waals surface area (Å²) in [7, 11) is 0. The third kappa shape index (κ3) is 5.67. The van der Waals surface area contributed by atoms with E-state index < -0.39 is 38.9 Å². The number of carbonyl (C=O) groups is 2. The summed E-state index contributed by atoms with van der Waals surface area (Å²) < 4.78 is 39.5. The highest BCUT2D eigenvalue weighted by atomic mass is 127. The second-order valence-electron chi connectivity index (χ2n) is 6.18. The quantitative estimate of drug-likeness (QED) is 0.339. The normalized spacial score (nSPS) is 12.4. The first-order valence-electron chi connectivity index (χ1n) is 7.73. The van der Waals surface area contributed by atoms with E-state index in [1.165, 1.54) is 0 Å². The van der Waals surface area contributed by atoms with Gasteiger partial charge < -0.3 is 15.7 Å². The van der Waals surface area contributed by atoms with Crippen molar-refractivity contribution in [2.75, 3.05) is 5.32 Å². The molecular formula is C18H16F3IN2O3. The monoisotopic (exact) mass is 492 g/mol. The molecule has 0 saturated heterocycles. The average molecular weight is 492 g/mol. The number of amides is 2. The molecule has 2 rings (SSSR count). The van der Waals surface area contributed by atoms with E-state index >= 15 is 0 Å². The van der Waals surface area contributed by atoms with Gasteiger partial charge >= 0.3 is 0 Å². The van der Waals surface area contributed by atoms with E-state index in [9.17, 15) is 27.9 Å². The SMILES string of the molecule is CC(C)(I)NC(=O)C(O)c1cc(C(=O)Nc2ccc(F)c(F)c2)ccc1F. The minimum absolute atomic E-state index is 0.00488. The van der Waals surface area contributed by atoms with Gasteiger partial charge in [0.15, 0.2) is 17.7 Å². The van der Waals surface area contributed by atoms with Crippen molar-refractivity contribution in [1.82, 2.24) is 5.32 Å². The van der Waals surface area contributed by atoms with Crippen LogP contribution >= 0.6 is 22.6 Å². The van der Waals surface area contributed by atoms with Crippen LogP contribution in [0, 0.1) is 17.5 Å². The first-order chi connectivity index (χ1) is 12.5. The van der Waals surface area contributed by atoms with Crippen LogP contribution in [0.1, 0.15) is 35.9 Å². The van der Waals surface area contributed by atoms with Gasteiger partial charge in [-0.05, 0) is 44.2 Å². The maximum absolute atomic E-state index is 14.0. The smallest absolute Gasteiger partial charge is 0.255 e. The molecule has 1 unspecified atom stereocenters. The van der Waals surface area contributed by atoms with Gasteiger partial charge in [0.1, 0.15) is 5.82 Å². The van der Waals surface area contributed by atoms with E-state index in [1.807, 2.05) is 22.6 Å². The lowest BCUT2D eigenvalue weighted by Crippen LogP contribution is -2.41. The Labute approximate surface area is 167 Å². The molecule has 0 fully saturated rings. The molecule has 2 aromatic carbocycles. The molecule has 0 bridgehead atoms. The minimum atomic E-state index is -1.82. The molecule has 0 saturated carbocycles. The molecule has 144 valence electrons. The summed E-state index contributed by atoms with van der Waals surface area (Å²) >= 11 is 1.93. The second-order valence-corrected chi connectivity index (χ2v) is 8.88. The summed E-state index contributed by atoms with van der Waals surface area (Å²) in [6.45, 7) is 3.36. The summed E-state index contributed by atoms with van der Waals surface area (Å²) in [5.74, 6) is -4.64. The molecule has 27 heavy (non-hydrogen) atoms. The Hall–Kier alpha value is -2.14. The number of hydrogen-bond acceptors (Lipinski definition) is 3. The van der Waals surface area contributed by atoms with Crippen molar-refractivity contribution in [2.45, 2.75) is 23.5 Å². The van der Waals surface area contributed by atoms with Gasteiger partial charge in [-0.25, -0.2) is 13.2 Å². The molecule has 0 aromatic heterocycles. The molecule has 2 amide bonds. The minimum Gasteiger partial charge on any atom is -0.378 e. The van der Waals surface area contributed by atoms with Gasteiger partial charge in [-0.3, -0.25) is 9.59 Å². The zero-order valence-electron chi connectivity index (χ0n) is 14.3. The van der Waals surface area contributed by atoms with Gasteiger partial charge in [-0.15, -0.1) is 0 Å². The van der Waals surface area contributed by atoms with Gasteiger partial charge in [0.25, 0.3) is 11.8 Å². The van der Waals surface area contributed by atoms with Crippen molar-refractivity contribution in [3.05, 3.63) is 65.0 Å². The fraction of sp³-hybridized carbons (Fsp3) is 0.222. The van der Waals surface area contributed by atoms with Crippen molar-refractivity contribution in [2.24, 2.45) is 0 Å². The van der Waals surface area contributed by atoms with Gasteiger partial charge in [0, 0.05) is 22.9 Å². The molecule has 0 heterocycles. The summed E-state index contributed by atoms with van der Waals surface area (Å²) in [6, 6.07) is 5.89. The van der Waals surface area contributed by atoms with Crippen molar-refractivity contribution >= 4 is 40.1 Å². The topological polar surface area (TPSA) is 78.4 Å². The summed E-state index contributed by atoms with van der Waals surface area (Å²) in [6.07, 6.45) is -1.82. The third-order valence-corrected chi connectivity index (χ3v) is 3.67. The Kier molecular flexibility index (Phi) is 6.47. The summed E-state index contributed by atoms with van der Waals surface area (Å²) in [4.78, 5) is 24.3. The maximum Gasteiger partial charge on any atom is 0.255 e. The Morgan fingerprint density at radius 3 is 2.26 bits per heavy atom. The van der Waals surface area contributed by atoms with Crippen LogP contribution in [0.3, 0.4) is 0 Å². The van der Waals surface area contributed by atoms with Gasteiger partial charge in [0.2, 0.25) is 0 Å². The van der Waals surface area contributed by atoms with Crippen molar-refractivity contribution in [1.29, 1.82) is 0 Å². The maximum atomic E-state index is 14.0. The van der Waals surface area contributed by atoms with Crippen molar-refractivity contribution in [3.8, 4) is 0 Å². The van der Waals surface area contributed by atoms with E-state index in [-0.39, 0.29) is 16.8 Å². The predicted molar refractivity (Wildman–Crippen MR) is 102 cm³/mol. The number of alkyl halides is 1. The van der Waals surface area contributed by atoms with Crippen LogP contribution < -0.4 is 10.6 Å². The second kappa shape index (κ2) is 8.26. The Morgan fingerprint density at radius 1 is 1.04 bits per heavy atom. The molecule has 0 aliphatic heterocycles. The van der Waals surface area contributed by atoms with E-state index in [2.05, 4.69) is 10.6 Å². The van der Waals surface area contributed by atoms with Crippen LogP contribution in [-0.2, 0) is 4.79 Å². The number of aliphatic hydroxyl groups is 1. The largest absolute Gasteiger partial charge is 0.378 e. The Balaban J connectivity index is 2.23. The van der Waals surface area contributed by atoms with Crippen LogP contribution in [0.2, 0.25) is 0 Å². The molecule has 9 heteroatoms. The standard InChI is InChI=1S/C18H16F3IN2O3/c1-18(2,22)24-17(27)15(25)11-7-9(3-5-12(11)19)16(26)23-10-4-6-13(20)14(21)8-10/h3-8,15,25H,1-2H3,(H,23,26)(H,24,27). The van der Waals surface area contributed by atoms with Crippen molar-refractivity contribution < 1.29 is 27.9 Å². The molecule has 0 aliphatic carbocycles. The Morgan fingerprint density at radius 2 is 1.67 bits per heavy atom. The molecule has 3 N–H and O–H groups in total. The molecular weight excluding hydrogens is 476 g/mol. The molecule has 2 aromatic rings. The number of anilines is 1. The third-order valence-electron chi connectivity index (χ3n) is 3.40. The highest BCUT2D eigenvalue weighted by Gasteiger charge is 2.26. The molecule has 0 spiro atoms. The van der Waals surface area contributed by atoms with Gasteiger partial charge in [-0.2, -0.15) is 0 Å². The van der Waals surface area contributed by atoms with Crippen LogP contribution in [0.15, 0.2) is 36.4 Å². The van der Waals surface area contributed by atoms with Crippen molar-refractivity contribution in [3.63, 3.8) is 0 Å². The summed E-state index contributed by atoms with van der Waals surface area (Å²) in [5, 5.41) is 14.9. The fourth-order valence-electron chi connectivity index (χ4n) is 2.17. The lowest BCUT2D eigenvalue weighted by atomic mass is 10.0. The number of benzene rings is 2. The van der Waals surface area contributed by atoms with E-state index in [1.54, 1.807) is 13.8 Å². The van der Waals surface area contributed by atoms with Gasteiger partial charge in [-0.1, -0.05) is 22.6 Å². The van der Waals surface area contributed by atoms with Crippen LogP contribution in [0.4, 0.5) is 18.9 Å². The highest BCUT2D eigenvalue weighted by molar-refractivity contribution is 14.1. The number of carbonyl (C=O) groups excluding carboxylic acids is 2. The summed E-state index contributed by atoms with van der Waals surface area (Å²) in [5.41, 5.74) is -0.461. The van der Waals surface area contributed by atoms with Crippen LogP contribution in [0.25, 0.3) is 0 Å². The fourth-order valence-corrected chi connectivity index (χ4v) is 2.44. The number of rotatable bonds is 5. The first-order valence-corrected chi connectivity index (χ1v) is 8.80. The number of halogens is 4. The lowest BCUT2D eigenvalue weighted by Gasteiger charge is -2.21. The van der Waals surface area contributed by atoms with E-state index in [0.717, 1.165) is 36.4 Å². The predicted octanol–water partition coefficient (Wildman–Crippen LogP) is 3.68. The van der Waals surface area contributed by atoms with E-state index in [0.29, 0.717) is 0 Å². The zero-order chi connectivity index (χ0) is 20.4. The van der Waals surface area contributed by atoms with Gasteiger partial charge in [0.05, 0.1) is 3.55 Å². The molecule has 0 radical (unpaired) electrons. The zero-order valence-corrected chi connectivity index (χ0v) is 16.5. The first kappa shape index (κ1) is 21.2. The van der Waals surface area contributed by atoms with E-state index in [4.69, 9.17) is 0 Å². The Bertz CT molecular complexity index is 885. The highest BCUT2D eigenvalue weighted by Crippen LogP contribution is 2.22. The average Bonchev–Trinajstić information content (AvgIpc) is 2.56. The molecule has 1 atom stereocenters. The van der Waals surface area contributed by atoms with Crippen LogP contribution in [-0.4, -0.2) is 20.5 Å². The molecule has 5 nitrogen and oxygen atoms in total. The number of hydrogen-bond donors (Lipinski definition) is 3. The number of nitrogens with one attached hydrogen (secondary N) is 2. The molecule has 0 aliphatic rings. The lowest BCUT2D eigenvalue weighted by molar-refractivity contribution is -0.130. The number of aliphatic hydroxyl groups excluding tert-OH is 1. The van der Waals surface area contributed by atoms with Crippen LogP contribution in [0.5, 0.6) is 0 Å².